The SMILES string of the molecule is O=C(OCCO)Oc1ccc([N+](=O)[O-])cc1. The zero-order valence-corrected chi connectivity index (χ0v) is 8.16. The molecule has 0 aliphatic rings. The highest BCUT2D eigenvalue weighted by Crippen LogP contribution is 2.17. The summed E-state index contributed by atoms with van der Waals surface area (Å²) in [6.45, 7) is -0.457. The molecule has 1 aromatic carbocycles. The maximum absolute atomic E-state index is 10.9. The number of rotatable bonds is 4. The molecule has 0 atom stereocenters. The first-order valence-corrected chi connectivity index (χ1v) is 4.33. The summed E-state index contributed by atoms with van der Waals surface area (Å²) in [6, 6.07) is 4.96. The van der Waals surface area contributed by atoms with Crippen LogP contribution in [0.15, 0.2) is 24.3 Å². The molecular weight excluding hydrogens is 218 g/mol. The molecule has 0 bridgehead atoms. The molecule has 1 rings (SSSR count). The number of nitrogens with zero attached hydrogens (tertiary/aromatic N) is 1. The monoisotopic (exact) mass is 227 g/mol. The molecule has 7 heteroatoms. The minimum Gasteiger partial charge on any atom is -0.432 e. The molecule has 0 saturated heterocycles. The van der Waals surface area contributed by atoms with Gasteiger partial charge in [0.1, 0.15) is 12.4 Å². The van der Waals surface area contributed by atoms with E-state index < -0.39 is 11.1 Å². The van der Waals surface area contributed by atoms with E-state index in [1.807, 2.05) is 0 Å². The van der Waals surface area contributed by atoms with Crippen LogP contribution in [-0.4, -0.2) is 29.4 Å². The van der Waals surface area contributed by atoms with Crippen LogP contribution in [0.5, 0.6) is 5.75 Å². The van der Waals surface area contributed by atoms with Crippen LogP contribution in [0, 0.1) is 10.1 Å². The fraction of sp³-hybridized carbons (Fsp3) is 0.222. The van der Waals surface area contributed by atoms with Gasteiger partial charge < -0.3 is 14.6 Å². The highest BCUT2D eigenvalue weighted by Gasteiger charge is 2.08. The summed E-state index contributed by atoms with van der Waals surface area (Å²) in [7, 11) is 0. The predicted octanol–water partition coefficient (Wildman–Crippen LogP) is 1.10. The summed E-state index contributed by atoms with van der Waals surface area (Å²) < 4.78 is 9.08. The van der Waals surface area contributed by atoms with E-state index >= 15 is 0 Å². The molecule has 0 heterocycles. The molecule has 0 aliphatic carbocycles. The Morgan fingerprint density at radius 2 is 2.00 bits per heavy atom. The van der Waals surface area contributed by atoms with Crippen molar-refractivity contribution in [3.8, 4) is 5.75 Å². The maximum Gasteiger partial charge on any atom is 0.513 e. The third-order valence-electron chi connectivity index (χ3n) is 1.56. The van der Waals surface area contributed by atoms with Gasteiger partial charge in [-0.15, -0.1) is 0 Å². The molecule has 0 fully saturated rings. The second-order valence-corrected chi connectivity index (χ2v) is 2.68. The fourth-order valence-electron chi connectivity index (χ4n) is 0.891. The van der Waals surface area contributed by atoms with Crippen molar-refractivity contribution in [2.45, 2.75) is 0 Å². The van der Waals surface area contributed by atoms with E-state index in [4.69, 9.17) is 5.11 Å². The number of carbonyl (C=O) groups excluding carboxylic acids is 1. The molecule has 0 aliphatic heterocycles. The van der Waals surface area contributed by atoms with Gasteiger partial charge in [0, 0.05) is 12.1 Å². The van der Waals surface area contributed by atoms with Gasteiger partial charge in [-0.25, -0.2) is 4.79 Å². The Hall–Kier alpha value is -2.15. The number of hydrogen-bond acceptors (Lipinski definition) is 6. The van der Waals surface area contributed by atoms with Gasteiger partial charge in [-0.05, 0) is 12.1 Å². The number of aliphatic hydroxyl groups is 1. The predicted molar refractivity (Wildman–Crippen MR) is 52.2 cm³/mol. The number of benzene rings is 1. The Morgan fingerprint density at radius 3 is 2.50 bits per heavy atom. The van der Waals surface area contributed by atoms with E-state index in [1.165, 1.54) is 24.3 Å². The lowest BCUT2D eigenvalue weighted by Crippen LogP contribution is -2.13. The van der Waals surface area contributed by atoms with Crippen LogP contribution in [0.1, 0.15) is 0 Å². The van der Waals surface area contributed by atoms with Crippen LogP contribution in [0.2, 0.25) is 0 Å². The molecule has 0 aromatic heterocycles. The number of nitro benzene ring substituents is 1. The number of hydrogen-bond donors (Lipinski definition) is 1. The summed E-state index contributed by atoms with van der Waals surface area (Å²) in [5, 5.41) is 18.7. The molecule has 1 N–H and O–H groups in total. The quantitative estimate of drug-likeness (QED) is 0.358. The van der Waals surface area contributed by atoms with E-state index in [2.05, 4.69) is 9.47 Å². The minimum atomic E-state index is -0.970. The molecule has 86 valence electrons. The third kappa shape index (κ3) is 3.54. The van der Waals surface area contributed by atoms with Crippen molar-refractivity contribution in [2.24, 2.45) is 0 Å². The van der Waals surface area contributed by atoms with Gasteiger partial charge in [0.15, 0.2) is 0 Å². The Labute approximate surface area is 90.4 Å². The molecule has 0 amide bonds. The van der Waals surface area contributed by atoms with Crippen LogP contribution in [-0.2, 0) is 4.74 Å². The van der Waals surface area contributed by atoms with Gasteiger partial charge in [-0.2, -0.15) is 0 Å². The third-order valence-corrected chi connectivity index (χ3v) is 1.56. The normalized spacial score (nSPS) is 9.56. The van der Waals surface area contributed by atoms with Gasteiger partial charge in [-0.1, -0.05) is 0 Å². The molecule has 16 heavy (non-hydrogen) atoms. The largest absolute Gasteiger partial charge is 0.513 e. The maximum atomic E-state index is 10.9. The summed E-state index contributed by atoms with van der Waals surface area (Å²) in [5.74, 6) is 0.133. The lowest BCUT2D eigenvalue weighted by Gasteiger charge is -2.03. The number of carbonyl (C=O) groups is 1. The second kappa shape index (κ2) is 5.66. The summed E-state index contributed by atoms with van der Waals surface area (Å²) in [6.07, 6.45) is -0.970. The average molecular weight is 227 g/mol. The molecule has 0 spiro atoms. The molecule has 1 aromatic rings. The number of nitro groups is 1. The van der Waals surface area contributed by atoms with Gasteiger partial charge in [0.05, 0.1) is 11.5 Å². The van der Waals surface area contributed by atoms with Crippen LogP contribution >= 0.6 is 0 Å². The number of ether oxygens (including phenoxy) is 2. The van der Waals surface area contributed by atoms with Crippen LogP contribution < -0.4 is 4.74 Å². The van der Waals surface area contributed by atoms with Crippen molar-refractivity contribution in [1.29, 1.82) is 0 Å². The van der Waals surface area contributed by atoms with Crippen molar-refractivity contribution in [3.05, 3.63) is 34.4 Å². The summed E-state index contributed by atoms with van der Waals surface area (Å²) >= 11 is 0. The molecule has 0 unspecified atom stereocenters. The summed E-state index contributed by atoms with van der Waals surface area (Å²) in [5.41, 5.74) is -0.101. The van der Waals surface area contributed by atoms with Gasteiger partial charge in [-0.3, -0.25) is 10.1 Å². The van der Waals surface area contributed by atoms with E-state index in [0.29, 0.717) is 0 Å². The van der Waals surface area contributed by atoms with E-state index in [0.717, 1.165) is 0 Å². The molecule has 0 radical (unpaired) electrons. The van der Waals surface area contributed by atoms with E-state index in [1.54, 1.807) is 0 Å². The lowest BCUT2D eigenvalue weighted by molar-refractivity contribution is -0.384. The Bertz CT molecular complexity index is 374. The summed E-state index contributed by atoms with van der Waals surface area (Å²) in [4.78, 5) is 20.7. The first-order chi connectivity index (χ1) is 7.63. The Balaban J connectivity index is 2.55. The van der Waals surface area contributed by atoms with Gasteiger partial charge in [0.2, 0.25) is 0 Å². The minimum absolute atomic E-state index is 0.101. The van der Waals surface area contributed by atoms with Crippen molar-refractivity contribution in [2.75, 3.05) is 13.2 Å². The fourth-order valence-corrected chi connectivity index (χ4v) is 0.891. The smallest absolute Gasteiger partial charge is 0.432 e. The van der Waals surface area contributed by atoms with Crippen LogP contribution in [0.25, 0.3) is 0 Å². The van der Waals surface area contributed by atoms with Crippen LogP contribution in [0.4, 0.5) is 10.5 Å². The molecular formula is C9H9NO6. The van der Waals surface area contributed by atoms with Gasteiger partial charge in [0.25, 0.3) is 5.69 Å². The molecule has 0 saturated carbocycles. The topological polar surface area (TPSA) is 98.9 Å². The van der Waals surface area contributed by atoms with Crippen molar-refractivity contribution >= 4 is 11.8 Å². The van der Waals surface area contributed by atoms with Crippen molar-refractivity contribution in [1.82, 2.24) is 0 Å². The second-order valence-electron chi connectivity index (χ2n) is 2.68. The average Bonchev–Trinajstić information content (AvgIpc) is 2.27. The van der Waals surface area contributed by atoms with Crippen molar-refractivity contribution < 1.29 is 24.3 Å². The molecule has 7 nitrogen and oxygen atoms in total. The Kier molecular flexibility index (Phi) is 4.22. The zero-order valence-electron chi connectivity index (χ0n) is 8.16. The number of aliphatic hydroxyl groups excluding tert-OH is 1. The van der Waals surface area contributed by atoms with E-state index in [-0.39, 0.29) is 24.7 Å². The Morgan fingerprint density at radius 1 is 1.38 bits per heavy atom. The van der Waals surface area contributed by atoms with Crippen LogP contribution in [0.3, 0.4) is 0 Å². The lowest BCUT2D eigenvalue weighted by atomic mass is 10.3. The number of non-ortho nitro benzene ring substituents is 1. The highest BCUT2D eigenvalue weighted by molar-refractivity contribution is 5.63. The first-order valence-electron chi connectivity index (χ1n) is 4.33. The van der Waals surface area contributed by atoms with E-state index in [9.17, 15) is 14.9 Å². The van der Waals surface area contributed by atoms with Crippen molar-refractivity contribution in [3.63, 3.8) is 0 Å². The first kappa shape index (κ1) is 11.9. The standard InChI is InChI=1S/C9H9NO6/c11-5-6-15-9(12)16-8-3-1-7(2-4-8)10(13)14/h1-4,11H,5-6H2. The zero-order chi connectivity index (χ0) is 12.0. The highest BCUT2D eigenvalue weighted by atomic mass is 16.7. The van der Waals surface area contributed by atoms with Gasteiger partial charge >= 0.3 is 6.16 Å².